The quantitative estimate of drug-likeness (QED) is 0.166. The van der Waals surface area contributed by atoms with Crippen LogP contribution in [0.2, 0.25) is 0 Å². The number of benzene rings is 11. The van der Waals surface area contributed by atoms with Gasteiger partial charge in [0.05, 0.1) is 78.0 Å². The van der Waals surface area contributed by atoms with E-state index in [0.29, 0.717) is 22.9 Å². The highest BCUT2D eigenvalue weighted by molar-refractivity contribution is 6.18. The third-order valence-electron chi connectivity index (χ3n) is 15.6. The Morgan fingerprint density at radius 2 is 0.421 bits per heavy atom. The van der Waals surface area contributed by atoms with Gasteiger partial charge in [-0.1, -0.05) is 170 Å². The zero-order valence-electron chi connectivity index (χ0n) is 40.6. The molecule has 0 saturated heterocycles. The number of rotatable bonds is 6. The summed E-state index contributed by atoms with van der Waals surface area (Å²) in [7, 11) is 0. The fraction of sp³-hybridized carbons (Fsp3) is 0. The van der Waals surface area contributed by atoms with Crippen molar-refractivity contribution in [2.24, 2.45) is 0 Å². The van der Waals surface area contributed by atoms with Gasteiger partial charge in [0.15, 0.2) is 11.2 Å². The van der Waals surface area contributed by atoms with E-state index in [1.807, 2.05) is 48.5 Å². The van der Waals surface area contributed by atoms with Gasteiger partial charge in [0.25, 0.3) is 0 Å². The number of nitrogens with zero attached hydrogens (tertiary/aromatic N) is 6. The van der Waals surface area contributed by atoms with Crippen LogP contribution < -0.4 is 0 Å². The lowest BCUT2D eigenvalue weighted by molar-refractivity contribution is 0.616. The minimum Gasteiger partial charge on any atom is -0.436 e. The van der Waals surface area contributed by atoms with E-state index < -0.39 is 0 Å². The minimum absolute atomic E-state index is 0.461. The van der Waals surface area contributed by atoms with Crippen LogP contribution in [0.1, 0.15) is 0 Å². The van der Waals surface area contributed by atoms with Gasteiger partial charge in [0.1, 0.15) is 11.0 Å². The van der Waals surface area contributed by atoms with Crippen LogP contribution in [-0.2, 0) is 0 Å². The van der Waals surface area contributed by atoms with Crippen LogP contribution >= 0.6 is 0 Å². The molecule has 0 saturated carbocycles. The van der Waals surface area contributed by atoms with Crippen molar-refractivity contribution >= 4 is 109 Å². The van der Waals surface area contributed by atoms with E-state index in [1.54, 1.807) is 0 Å². The molecule has 0 aliphatic heterocycles. The highest BCUT2D eigenvalue weighted by Crippen LogP contribution is 2.54. The summed E-state index contributed by atoms with van der Waals surface area (Å²) < 4.78 is 24.6. The maximum Gasteiger partial charge on any atom is 0.231 e. The first-order valence-electron chi connectivity index (χ1n) is 25.7. The largest absolute Gasteiger partial charge is 0.436 e. The first-order valence-corrected chi connectivity index (χ1v) is 25.7. The molecule has 0 radical (unpaired) electrons. The van der Waals surface area contributed by atoms with Crippen molar-refractivity contribution in [2.45, 2.75) is 0 Å². The van der Waals surface area contributed by atoms with Gasteiger partial charge < -0.3 is 27.1 Å². The van der Waals surface area contributed by atoms with Gasteiger partial charge in [0.2, 0.25) is 11.8 Å². The minimum atomic E-state index is 0.461. The monoisotopic (exact) mass is 972 g/mol. The van der Waals surface area contributed by atoms with Crippen molar-refractivity contribution in [1.29, 1.82) is 0 Å². The molecule has 0 unspecified atom stereocenters. The third-order valence-corrected chi connectivity index (χ3v) is 15.6. The zero-order valence-corrected chi connectivity index (χ0v) is 40.6. The number of oxazole rings is 2. The maximum absolute atomic E-state index is 7.37. The van der Waals surface area contributed by atoms with Gasteiger partial charge in [-0.3, -0.25) is 0 Å². The zero-order chi connectivity index (χ0) is 49.6. The molecule has 0 amide bonds. The van der Waals surface area contributed by atoms with Crippen LogP contribution in [0.5, 0.6) is 0 Å². The number of hydrogen-bond donors (Lipinski definition) is 0. The Morgan fingerprint density at radius 1 is 0.224 bits per heavy atom. The molecule has 0 atom stereocenters. The van der Waals surface area contributed by atoms with Gasteiger partial charge in [-0.05, 0) is 72.8 Å². The lowest BCUT2D eigenvalue weighted by atomic mass is 9.97. The molecular formula is C68H40N6O2. The molecule has 11 aromatic carbocycles. The molecule has 6 aromatic heterocycles. The highest BCUT2D eigenvalue weighted by Gasteiger charge is 2.38. The Labute approximate surface area is 432 Å². The molecule has 0 aliphatic rings. The fourth-order valence-corrected chi connectivity index (χ4v) is 12.6. The molecule has 0 aliphatic carbocycles. The smallest absolute Gasteiger partial charge is 0.231 e. The van der Waals surface area contributed by atoms with Crippen molar-refractivity contribution in [3.63, 3.8) is 0 Å². The number of fused-ring (bicyclic) bond motifs is 14. The molecule has 6 heterocycles. The van der Waals surface area contributed by atoms with Crippen molar-refractivity contribution in [3.05, 3.63) is 243 Å². The molecule has 0 fully saturated rings. The molecular weight excluding hydrogens is 933 g/mol. The second kappa shape index (κ2) is 15.5. The summed E-state index contributed by atoms with van der Waals surface area (Å²) in [6.07, 6.45) is 0. The predicted octanol–water partition coefficient (Wildman–Crippen LogP) is 17.7. The van der Waals surface area contributed by atoms with E-state index in [1.165, 1.54) is 0 Å². The normalized spacial score (nSPS) is 12.2. The molecule has 8 nitrogen and oxygen atoms in total. The average Bonchev–Trinajstić information content (AvgIpc) is 4.45. The van der Waals surface area contributed by atoms with Gasteiger partial charge in [-0.25, -0.2) is 9.97 Å². The van der Waals surface area contributed by atoms with E-state index in [0.717, 1.165) is 132 Å². The Hall–Kier alpha value is -10.4. The van der Waals surface area contributed by atoms with E-state index >= 15 is 0 Å². The lowest BCUT2D eigenvalue weighted by Gasteiger charge is -2.29. The second-order valence-corrected chi connectivity index (χ2v) is 19.6. The summed E-state index contributed by atoms with van der Waals surface area (Å²) in [5, 5.41) is 8.91. The van der Waals surface area contributed by atoms with Crippen LogP contribution in [0.25, 0.3) is 155 Å². The molecule has 0 spiro atoms. The summed E-state index contributed by atoms with van der Waals surface area (Å²) in [5.41, 5.74) is 15.9. The second-order valence-electron chi connectivity index (χ2n) is 19.6. The Balaban J connectivity index is 1.27. The maximum atomic E-state index is 7.37. The van der Waals surface area contributed by atoms with Crippen LogP contribution in [0.3, 0.4) is 0 Å². The van der Waals surface area contributed by atoms with Crippen LogP contribution in [0.15, 0.2) is 251 Å². The summed E-state index contributed by atoms with van der Waals surface area (Å²) in [4.78, 5) is 11.2. The molecule has 354 valence electrons. The topological polar surface area (TPSA) is 71.8 Å². The Kier molecular flexibility index (Phi) is 8.40. The standard InChI is InChI=1S/C68H40N6O2/c1-11-31-51-41(21-1)42-22-2-12-32-52(42)71(51)63-61(67-69-49-29-9-19-39-59(49)75-67)65(73-55-35-15-5-25-45(55)46-26-6-16-36-56(46)73)66(74-57-37-17-7-27-47(57)48-28-8-18-38-58(48)74)62(68-70-50-30-10-20-40-60(50)76-68)64(63)72-53-33-13-3-23-43(53)44-24-4-14-34-54(44)72/h1-40H. The third kappa shape index (κ3) is 5.56. The number of aromatic nitrogens is 6. The number of hydrogen-bond acceptors (Lipinski definition) is 4. The molecule has 17 aromatic rings. The summed E-state index contributed by atoms with van der Waals surface area (Å²) >= 11 is 0. The van der Waals surface area contributed by atoms with Gasteiger partial charge >= 0.3 is 0 Å². The SMILES string of the molecule is c1ccc2oc(-c3c(-n4c5ccccc5c5ccccc54)c(-n4c5ccccc5c5ccccc54)c(-c4nc5ccccc5o4)c(-n4c5ccccc5c5ccccc54)c3-n3c4ccccc4c4ccccc43)nc2c1. The van der Waals surface area contributed by atoms with E-state index in [-0.39, 0.29) is 0 Å². The van der Waals surface area contributed by atoms with Crippen LogP contribution in [0, 0.1) is 0 Å². The van der Waals surface area contributed by atoms with E-state index in [2.05, 4.69) is 212 Å². The van der Waals surface area contributed by atoms with Gasteiger partial charge in [0, 0.05) is 43.1 Å². The van der Waals surface area contributed by atoms with Crippen LogP contribution in [0.4, 0.5) is 0 Å². The van der Waals surface area contributed by atoms with Gasteiger partial charge in [-0.15, -0.1) is 0 Å². The Bertz CT molecular complexity index is 4410. The van der Waals surface area contributed by atoms with E-state index in [9.17, 15) is 0 Å². The molecule has 0 N–H and O–H groups in total. The fourth-order valence-electron chi connectivity index (χ4n) is 12.6. The summed E-state index contributed by atoms with van der Waals surface area (Å²) in [5.74, 6) is 0.922. The number of para-hydroxylation sites is 12. The Morgan fingerprint density at radius 3 is 0.645 bits per heavy atom. The highest BCUT2D eigenvalue weighted by atomic mass is 16.4. The van der Waals surface area contributed by atoms with Crippen molar-refractivity contribution in [2.75, 3.05) is 0 Å². The van der Waals surface area contributed by atoms with Crippen LogP contribution in [-0.4, -0.2) is 28.2 Å². The van der Waals surface area contributed by atoms with Gasteiger partial charge in [-0.2, -0.15) is 0 Å². The molecule has 8 heteroatoms. The lowest BCUT2D eigenvalue weighted by Crippen LogP contribution is -2.16. The molecule has 76 heavy (non-hydrogen) atoms. The van der Waals surface area contributed by atoms with Crippen molar-refractivity contribution in [3.8, 4) is 45.7 Å². The molecule has 17 rings (SSSR count). The average molecular weight is 973 g/mol. The summed E-state index contributed by atoms with van der Waals surface area (Å²) in [6, 6.07) is 86.1. The van der Waals surface area contributed by atoms with E-state index in [4.69, 9.17) is 18.8 Å². The predicted molar refractivity (Wildman–Crippen MR) is 310 cm³/mol. The first-order chi connectivity index (χ1) is 37.8. The van der Waals surface area contributed by atoms with Crippen molar-refractivity contribution in [1.82, 2.24) is 28.2 Å². The van der Waals surface area contributed by atoms with Crippen molar-refractivity contribution < 1.29 is 8.83 Å². The first kappa shape index (κ1) is 41.1. The summed E-state index contributed by atoms with van der Waals surface area (Å²) in [6.45, 7) is 0. The molecule has 0 bridgehead atoms.